The topological polar surface area (TPSA) is 102 Å². The summed E-state index contributed by atoms with van der Waals surface area (Å²) in [6.07, 6.45) is 0.298. The normalized spacial score (nSPS) is 11.6. The molecule has 1 atom stereocenters. The predicted octanol–water partition coefficient (Wildman–Crippen LogP) is 4.62. The Bertz CT molecular complexity index is 1440. The lowest BCUT2D eigenvalue weighted by molar-refractivity contribution is -0.119. The first kappa shape index (κ1) is 23.7. The molecule has 0 radical (unpaired) electrons. The molecule has 0 fully saturated rings. The van der Waals surface area contributed by atoms with Crippen LogP contribution < -0.4 is 20.9 Å². The van der Waals surface area contributed by atoms with Gasteiger partial charge in [0.2, 0.25) is 11.8 Å². The molecule has 35 heavy (non-hydrogen) atoms. The van der Waals surface area contributed by atoms with Gasteiger partial charge in [0.15, 0.2) is 0 Å². The second-order valence-electron chi connectivity index (χ2n) is 7.97. The first-order valence-corrected chi connectivity index (χ1v) is 11.3. The van der Waals surface area contributed by atoms with Gasteiger partial charge in [-0.25, -0.2) is 4.98 Å². The highest BCUT2D eigenvalue weighted by molar-refractivity contribution is 5.96. The van der Waals surface area contributed by atoms with E-state index in [1.165, 1.54) is 4.57 Å². The Balaban J connectivity index is 1.80. The molecule has 3 aromatic carbocycles. The summed E-state index contributed by atoms with van der Waals surface area (Å²) in [7, 11) is 1.57. The number of benzene rings is 3. The molecule has 0 unspecified atom stereocenters. The summed E-state index contributed by atoms with van der Waals surface area (Å²) in [5.74, 6) is 0.142. The van der Waals surface area contributed by atoms with Crippen molar-refractivity contribution in [3.63, 3.8) is 0 Å². The molecule has 1 heterocycles. The lowest BCUT2D eigenvalue weighted by Crippen LogP contribution is -2.33. The van der Waals surface area contributed by atoms with E-state index in [4.69, 9.17) is 4.74 Å². The van der Waals surface area contributed by atoms with E-state index in [9.17, 15) is 14.4 Å². The third kappa shape index (κ3) is 4.91. The number of rotatable bonds is 7. The fraction of sp³-hybridized carbons (Fsp3) is 0.185. The molecule has 178 valence electrons. The zero-order valence-electron chi connectivity index (χ0n) is 19.7. The number of carbonyl (C=O) groups excluding carboxylic acids is 2. The van der Waals surface area contributed by atoms with Crippen LogP contribution in [0.1, 0.15) is 26.3 Å². The highest BCUT2D eigenvalue weighted by atomic mass is 16.5. The van der Waals surface area contributed by atoms with Crippen LogP contribution in [0.4, 0.5) is 11.4 Å². The molecule has 0 aliphatic rings. The number of aromatic nitrogens is 2. The fourth-order valence-electron chi connectivity index (χ4n) is 3.79. The number of hydrogen-bond donors (Lipinski definition) is 2. The SMILES string of the molecule is CCC(=O)Nc1ccccc1-c1nc2ccccc2n([C@@H](C)C(=O)Nc2ccc(OC)cc2)c1=O. The molecular formula is C27H26N4O4. The molecule has 0 aliphatic heterocycles. The van der Waals surface area contributed by atoms with Gasteiger partial charge < -0.3 is 15.4 Å². The highest BCUT2D eigenvalue weighted by Crippen LogP contribution is 2.27. The summed E-state index contributed by atoms with van der Waals surface area (Å²) in [6.45, 7) is 3.42. The van der Waals surface area contributed by atoms with Gasteiger partial charge in [0.1, 0.15) is 17.5 Å². The van der Waals surface area contributed by atoms with Gasteiger partial charge in [0.05, 0.1) is 23.8 Å². The van der Waals surface area contributed by atoms with Crippen LogP contribution in [0, 0.1) is 0 Å². The molecule has 4 aromatic rings. The van der Waals surface area contributed by atoms with Crippen LogP contribution in [0.2, 0.25) is 0 Å². The van der Waals surface area contributed by atoms with E-state index >= 15 is 0 Å². The summed E-state index contributed by atoms with van der Waals surface area (Å²) in [5, 5.41) is 5.69. The van der Waals surface area contributed by atoms with E-state index in [-0.39, 0.29) is 17.5 Å². The predicted molar refractivity (Wildman–Crippen MR) is 137 cm³/mol. The number of fused-ring (bicyclic) bond motifs is 1. The van der Waals surface area contributed by atoms with Crippen molar-refractivity contribution in [2.75, 3.05) is 17.7 Å². The number of nitrogens with one attached hydrogen (secondary N) is 2. The lowest BCUT2D eigenvalue weighted by atomic mass is 10.1. The van der Waals surface area contributed by atoms with Crippen molar-refractivity contribution in [2.24, 2.45) is 0 Å². The maximum Gasteiger partial charge on any atom is 0.278 e. The molecule has 2 amide bonds. The average Bonchev–Trinajstić information content (AvgIpc) is 2.88. The van der Waals surface area contributed by atoms with Crippen molar-refractivity contribution in [2.45, 2.75) is 26.3 Å². The third-order valence-electron chi connectivity index (χ3n) is 5.70. The monoisotopic (exact) mass is 470 g/mol. The molecule has 2 N–H and O–H groups in total. The molecule has 4 rings (SSSR count). The molecule has 0 spiro atoms. The first-order valence-electron chi connectivity index (χ1n) is 11.3. The van der Waals surface area contributed by atoms with Gasteiger partial charge in [-0.15, -0.1) is 0 Å². The number of anilines is 2. The van der Waals surface area contributed by atoms with Crippen molar-refractivity contribution >= 4 is 34.2 Å². The van der Waals surface area contributed by atoms with Gasteiger partial charge in [-0.1, -0.05) is 37.3 Å². The fourth-order valence-corrected chi connectivity index (χ4v) is 3.79. The quantitative estimate of drug-likeness (QED) is 0.410. The minimum Gasteiger partial charge on any atom is -0.497 e. The average molecular weight is 471 g/mol. The van der Waals surface area contributed by atoms with Gasteiger partial charge in [-0.05, 0) is 49.4 Å². The number of methoxy groups -OCH3 is 1. The van der Waals surface area contributed by atoms with E-state index < -0.39 is 11.6 Å². The largest absolute Gasteiger partial charge is 0.497 e. The Morgan fingerprint density at radius 1 is 0.971 bits per heavy atom. The number of para-hydroxylation sites is 3. The van der Waals surface area contributed by atoms with Crippen molar-refractivity contribution in [1.29, 1.82) is 0 Å². The molecule has 0 aliphatic carbocycles. The summed E-state index contributed by atoms with van der Waals surface area (Å²) in [5.41, 5.74) is 2.38. The van der Waals surface area contributed by atoms with Gasteiger partial charge in [-0.3, -0.25) is 19.0 Å². The smallest absolute Gasteiger partial charge is 0.278 e. The number of amides is 2. The number of carbonyl (C=O) groups is 2. The van der Waals surface area contributed by atoms with Crippen molar-refractivity contribution < 1.29 is 14.3 Å². The molecule has 8 heteroatoms. The molecular weight excluding hydrogens is 444 g/mol. The van der Waals surface area contributed by atoms with E-state index in [2.05, 4.69) is 15.6 Å². The number of nitrogens with zero attached hydrogens (tertiary/aromatic N) is 2. The number of ether oxygens (including phenoxy) is 1. The minimum atomic E-state index is -0.839. The Kier molecular flexibility index (Phi) is 6.91. The zero-order chi connectivity index (χ0) is 24.9. The minimum absolute atomic E-state index is 0.153. The number of hydrogen-bond acceptors (Lipinski definition) is 5. The maximum atomic E-state index is 13.8. The van der Waals surface area contributed by atoms with Crippen LogP contribution in [0.15, 0.2) is 77.6 Å². The van der Waals surface area contributed by atoms with Crippen LogP contribution >= 0.6 is 0 Å². The van der Waals surface area contributed by atoms with E-state index in [0.29, 0.717) is 40.1 Å². The molecule has 8 nitrogen and oxygen atoms in total. The zero-order valence-corrected chi connectivity index (χ0v) is 19.7. The Hall–Kier alpha value is -4.46. The van der Waals surface area contributed by atoms with Crippen LogP contribution in [0.3, 0.4) is 0 Å². The summed E-state index contributed by atoms with van der Waals surface area (Å²) in [4.78, 5) is 43.6. The Labute approximate surface area is 202 Å². The van der Waals surface area contributed by atoms with Gasteiger partial charge >= 0.3 is 0 Å². The van der Waals surface area contributed by atoms with E-state index in [1.54, 1.807) is 87.7 Å². The van der Waals surface area contributed by atoms with Gasteiger partial charge in [0.25, 0.3) is 5.56 Å². The molecule has 0 saturated carbocycles. The Morgan fingerprint density at radius 3 is 2.37 bits per heavy atom. The van der Waals surface area contributed by atoms with E-state index in [1.807, 2.05) is 6.07 Å². The standard InChI is InChI=1S/C27H26N4O4/c1-4-24(32)29-21-10-6-5-9-20(21)25-27(34)31(23-12-8-7-11-22(23)30-25)17(2)26(33)28-18-13-15-19(35-3)16-14-18/h5-17H,4H2,1-3H3,(H,28,33)(H,29,32)/t17-/m0/s1. The van der Waals surface area contributed by atoms with Crippen LogP contribution in [-0.4, -0.2) is 28.5 Å². The van der Waals surface area contributed by atoms with Gasteiger partial charge in [0, 0.05) is 17.7 Å². The molecule has 1 aromatic heterocycles. The Morgan fingerprint density at radius 2 is 1.66 bits per heavy atom. The van der Waals surface area contributed by atoms with Crippen molar-refractivity contribution in [3.8, 4) is 17.0 Å². The first-order chi connectivity index (χ1) is 16.9. The molecule has 0 saturated heterocycles. The van der Waals surface area contributed by atoms with Crippen LogP contribution in [0.25, 0.3) is 22.3 Å². The maximum absolute atomic E-state index is 13.8. The molecule has 0 bridgehead atoms. The van der Waals surface area contributed by atoms with Crippen LogP contribution in [-0.2, 0) is 9.59 Å². The summed E-state index contributed by atoms with van der Waals surface area (Å²) >= 11 is 0. The van der Waals surface area contributed by atoms with E-state index in [0.717, 1.165) is 0 Å². The second kappa shape index (κ2) is 10.2. The summed E-state index contributed by atoms with van der Waals surface area (Å²) in [6, 6.07) is 20.3. The van der Waals surface area contributed by atoms with Crippen LogP contribution in [0.5, 0.6) is 5.75 Å². The summed E-state index contributed by atoms with van der Waals surface area (Å²) < 4.78 is 6.60. The second-order valence-corrected chi connectivity index (χ2v) is 7.97. The van der Waals surface area contributed by atoms with Crippen molar-refractivity contribution in [1.82, 2.24) is 9.55 Å². The third-order valence-corrected chi connectivity index (χ3v) is 5.70. The highest BCUT2D eigenvalue weighted by Gasteiger charge is 2.23. The van der Waals surface area contributed by atoms with Crippen molar-refractivity contribution in [3.05, 3.63) is 83.2 Å². The van der Waals surface area contributed by atoms with Gasteiger partial charge in [-0.2, -0.15) is 0 Å². The lowest BCUT2D eigenvalue weighted by Gasteiger charge is -2.19.